The Bertz CT molecular complexity index is 1560. The average molecular weight is 526 g/mol. The summed E-state index contributed by atoms with van der Waals surface area (Å²) in [5.74, 6) is -0.0860. The molecule has 0 radical (unpaired) electrons. The van der Waals surface area contributed by atoms with Gasteiger partial charge in [0.2, 0.25) is 5.91 Å². The molecule has 4 aromatic rings. The van der Waals surface area contributed by atoms with E-state index in [0.29, 0.717) is 18.8 Å². The van der Waals surface area contributed by atoms with Crippen molar-refractivity contribution in [2.45, 2.75) is 20.4 Å². The summed E-state index contributed by atoms with van der Waals surface area (Å²) in [7, 11) is 0. The van der Waals surface area contributed by atoms with E-state index >= 15 is 0 Å². The first-order valence-corrected chi connectivity index (χ1v) is 13.1. The second-order valence-corrected chi connectivity index (χ2v) is 10.0. The first-order valence-electron chi connectivity index (χ1n) is 12.3. The number of rotatable bonds is 8. The van der Waals surface area contributed by atoms with E-state index in [4.69, 9.17) is 4.74 Å². The quantitative estimate of drug-likeness (QED) is 0.285. The summed E-state index contributed by atoms with van der Waals surface area (Å²) in [4.78, 5) is 39.7. The minimum atomic E-state index is -0.472. The number of ether oxygens (including phenoxy) is 1. The summed E-state index contributed by atoms with van der Waals surface area (Å²) in [6, 6.07) is 23.1. The van der Waals surface area contributed by atoms with Gasteiger partial charge in [0.05, 0.1) is 11.4 Å². The van der Waals surface area contributed by atoms with Gasteiger partial charge in [-0.05, 0) is 67.1 Å². The van der Waals surface area contributed by atoms with Crippen molar-refractivity contribution in [3.63, 3.8) is 0 Å². The Kier molecular flexibility index (Phi) is 7.33. The third-order valence-corrected chi connectivity index (χ3v) is 7.41. The number of carbonyl (C=O) groups excluding carboxylic acids is 3. The monoisotopic (exact) mass is 525 g/mol. The zero-order valence-corrected chi connectivity index (χ0v) is 22.0. The molecule has 1 aliphatic rings. The Balaban J connectivity index is 1.31. The maximum absolute atomic E-state index is 13.1. The lowest BCUT2D eigenvalue weighted by Gasteiger charge is -2.14. The molecule has 192 valence electrons. The Morgan fingerprint density at radius 1 is 0.974 bits per heavy atom. The molecule has 7 nitrogen and oxygen atoms in total. The van der Waals surface area contributed by atoms with Gasteiger partial charge in [-0.2, -0.15) is 0 Å². The van der Waals surface area contributed by atoms with E-state index in [2.05, 4.69) is 9.88 Å². The first-order chi connectivity index (χ1) is 18.4. The van der Waals surface area contributed by atoms with Gasteiger partial charge in [0, 0.05) is 28.4 Å². The first kappa shape index (κ1) is 25.4. The largest absolute Gasteiger partial charge is 0.492 e. The average Bonchev–Trinajstić information content (AvgIpc) is 3.39. The fourth-order valence-electron chi connectivity index (χ4n) is 4.35. The number of fused-ring (bicyclic) bond motifs is 1. The molecule has 1 aromatic heterocycles. The van der Waals surface area contributed by atoms with Crippen molar-refractivity contribution >= 4 is 51.5 Å². The number of carbonyl (C=O) groups is 3. The second kappa shape index (κ2) is 11.0. The topological polar surface area (TPSA) is 80.6 Å². The van der Waals surface area contributed by atoms with Crippen LogP contribution in [0, 0.1) is 13.8 Å². The standard InChI is InChI=1S/C30H27N3O4S/c1-20-9-8-13-25(21(20)2)31-28(34)19-33-29(35)27(38-30(33)36)17-22-18-32(26-14-7-6-12-24(22)26)15-16-37-23-10-4-3-5-11-23/h3-14,17-18H,15-16,19H2,1-2H3,(H,31,34)/b27-17-. The molecule has 2 heterocycles. The number of aryl methyl sites for hydroxylation is 1. The van der Waals surface area contributed by atoms with Gasteiger partial charge in [0.25, 0.3) is 11.1 Å². The van der Waals surface area contributed by atoms with E-state index in [1.165, 1.54) is 0 Å². The zero-order chi connectivity index (χ0) is 26.6. The second-order valence-electron chi connectivity index (χ2n) is 9.02. The number of nitrogens with one attached hydrogen (secondary N) is 1. The Morgan fingerprint density at radius 3 is 2.55 bits per heavy atom. The lowest BCUT2D eigenvalue weighted by molar-refractivity contribution is -0.127. The smallest absolute Gasteiger partial charge is 0.294 e. The number of benzene rings is 3. The molecule has 0 spiro atoms. The van der Waals surface area contributed by atoms with Gasteiger partial charge in [-0.25, -0.2) is 0 Å². The number of nitrogens with zero attached hydrogens (tertiary/aromatic N) is 2. The van der Waals surface area contributed by atoms with Crippen LogP contribution in [0.5, 0.6) is 5.75 Å². The van der Waals surface area contributed by atoms with Crippen LogP contribution in [0.2, 0.25) is 0 Å². The van der Waals surface area contributed by atoms with E-state index in [1.807, 2.05) is 86.8 Å². The van der Waals surface area contributed by atoms with Crippen LogP contribution in [0.25, 0.3) is 17.0 Å². The van der Waals surface area contributed by atoms with Crippen molar-refractivity contribution in [3.8, 4) is 5.75 Å². The predicted octanol–water partition coefficient (Wildman–Crippen LogP) is 6.01. The van der Waals surface area contributed by atoms with Crippen molar-refractivity contribution < 1.29 is 19.1 Å². The molecule has 1 N–H and O–H groups in total. The summed E-state index contributed by atoms with van der Waals surface area (Å²) >= 11 is 0.848. The maximum Gasteiger partial charge on any atom is 0.294 e. The number of hydrogen-bond donors (Lipinski definition) is 1. The predicted molar refractivity (Wildman–Crippen MR) is 151 cm³/mol. The summed E-state index contributed by atoms with van der Waals surface area (Å²) in [6.07, 6.45) is 3.69. The molecule has 5 rings (SSSR count). The zero-order valence-electron chi connectivity index (χ0n) is 21.1. The minimum Gasteiger partial charge on any atom is -0.492 e. The third kappa shape index (κ3) is 5.35. The minimum absolute atomic E-state index is 0.290. The molecule has 0 aliphatic carbocycles. The highest BCUT2D eigenvalue weighted by molar-refractivity contribution is 8.18. The highest BCUT2D eigenvalue weighted by Gasteiger charge is 2.36. The van der Waals surface area contributed by atoms with E-state index in [-0.39, 0.29) is 11.4 Å². The van der Waals surface area contributed by atoms with E-state index in [1.54, 1.807) is 12.1 Å². The summed E-state index contributed by atoms with van der Waals surface area (Å²) in [6.45, 7) is 4.63. The van der Waals surface area contributed by atoms with Crippen molar-refractivity contribution in [2.24, 2.45) is 0 Å². The Labute approximate surface area is 225 Å². The number of aromatic nitrogens is 1. The molecule has 0 saturated carbocycles. The number of hydrogen-bond acceptors (Lipinski definition) is 5. The van der Waals surface area contributed by atoms with Gasteiger partial charge in [-0.3, -0.25) is 19.3 Å². The molecule has 0 atom stereocenters. The van der Waals surface area contributed by atoms with Crippen LogP contribution in [-0.4, -0.2) is 39.7 Å². The summed E-state index contributed by atoms with van der Waals surface area (Å²) in [5, 5.41) is 3.32. The molecule has 1 fully saturated rings. The van der Waals surface area contributed by atoms with Crippen LogP contribution in [0.4, 0.5) is 10.5 Å². The van der Waals surface area contributed by atoms with Gasteiger partial charge in [0.15, 0.2) is 0 Å². The maximum atomic E-state index is 13.1. The molecule has 38 heavy (non-hydrogen) atoms. The fourth-order valence-corrected chi connectivity index (χ4v) is 5.18. The van der Waals surface area contributed by atoms with Gasteiger partial charge in [0.1, 0.15) is 18.9 Å². The molecule has 8 heteroatoms. The highest BCUT2D eigenvalue weighted by atomic mass is 32.2. The van der Waals surface area contributed by atoms with Gasteiger partial charge in [-0.1, -0.05) is 48.5 Å². The summed E-state index contributed by atoms with van der Waals surface area (Å²) in [5.41, 5.74) is 4.48. The van der Waals surface area contributed by atoms with Crippen LogP contribution < -0.4 is 10.1 Å². The number of imide groups is 1. The van der Waals surface area contributed by atoms with Crippen LogP contribution in [-0.2, 0) is 16.1 Å². The van der Waals surface area contributed by atoms with Gasteiger partial charge >= 0.3 is 0 Å². The number of para-hydroxylation sites is 2. The van der Waals surface area contributed by atoms with Crippen LogP contribution in [0.15, 0.2) is 83.9 Å². The Morgan fingerprint density at radius 2 is 1.74 bits per heavy atom. The van der Waals surface area contributed by atoms with Gasteiger partial charge in [-0.15, -0.1) is 0 Å². The lowest BCUT2D eigenvalue weighted by atomic mass is 10.1. The Hall–Kier alpha value is -4.30. The normalized spacial score (nSPS) is 14.5. The number of thioether (sulfide) groups is 1. The number of anilines is 1. The van der Waals surface area contributed by atoms with Crippen molar-refractivity contribution in [3.05, 3.63) is 101 Å². The number of amides is 3. The molecule has 3 aromatic carbocycles. The fraction of sp³-hybridized carbons (Fsp3) is 0.167. The molecule has 0 bridgehead atoms. The van der Waals surface area contributed by atoms with E-state index < -0.39 is 17.1 Å². The van der Waals surface area contributed by atoms with Crippen LogP contribution >= 0.6 is 11.8 Å². The van der Waals surface area contributed by atoms with Crippen molar-refractivity contribution in [2.75, 3.05) is 18.5 Å². The lowest BCUT2D eigenvalue weighted by Crippen LogP contribution is -2.36. The third-order valence-electron chi connectivity index (χ3n) is 6.50. The molecule has 3 amide bonds. The van der Waals surface area contributed by atoms with Crippen molar-refractivity contribution in [1.82, 2.24) is 9.47 Å². The molecule has 1 saturated heterocycles. The van der Waals surface area contributed by atoms with Crippen LogP contribution in [0.3, 0.4) is 0 Å². The van der Waals surface area contributed by atoms with Gasteiger partial charge < -0.3 is 14.6 Å². The van der Waals surface area contributed by atoms with E-state index in [9.17, 15) is 14.4 Å². The molecule has 1 aliphatic heterocycles. The molecular weight excluding hydrogens is 498 g/mol. The van der Waals surface area contributed by atoms with E-state index in [0.717, 1.165) is 50.0 Å². The van der Waals surface area contributed by atoms with Crippen LogP contribution in [0.1, 0.15) is 16.7 Å². The van der Waals surface area contributed by atoms with Crippen molar-refractivity contribution in [1.29, 1.82) is 0 Å². The molecule has 0 unspecified atom stereocenters. The SMILES string of the molecule is Cc1cccc(NC(=O)CN2C(=O)S/C(=C\c3cn(CCOc4ccccc4)c4ccccc34)C2=O)c1C. The highest BCUT2D eigenvalue weighted by Crippen LogP contribution is 2.34. The molecular formula is C30H27N3O4S. The summed E-state index contributed by atoms with van der Waals surface area (Å²) < 4.78 is 7.93.